The number of carbonyl (C=O) groups is 1. The quantitative estimate of drug-likeness (QED) is 0.834. The molecule has 0 radical (unpaired) electrons. The maximum absolute atomic E-state index is 11.8. The molecule has 0 saturated heterocycles. The Balaban J connectivity index is 3.15. The molecule has 1 atom stereocenters. The number of primary amides is 1. The topological polar surface area (TPSA) is 89.7 Å². The number of rotatable bonds is 6. The van der Waals surface area contributed by atoms with Gasteiger partial charge in [-0.15, -0.1) is 0 Å². The molecule has 1 aromatic rings. The van der Waals surface area contributed by atoms with Crippen LogP contribution in [0.1, 0.15) is 13.8 Å². The van der Waals surface area contributed by atoms with E-state index in [1.807, 2.05) is 6.92 Å². The van der Waals surface area contributed by atoms with E-state index in [1.165, 1.54) is 6.92 Å². The van der Waals surface area contributed by atoms with Gasteiger partial charge in [-0.25, -0.2) is 8.42 Å². The third kappa shape index (κ3) is 3.85. The van der Waals surface area contributed by atoms with Gasteiger partial charge in [-0.2, -0.15) is 0 Å². The molecule has 106 valence electrons. The Morgan fingerprint density at radius 3 is 2.26 bits per heavy atom. The fraction of sp³-hybridized carbons (Fsp3) is 0.417. The van der Waals surface area contributed by atoms with Gasteiger partial charge in [0.05, 0.1) is 18.6 Å². The first-order chi connectivity index (χ1) is 8.77. The van der Waals surface area contributed by atoms with Gasteiger partial charge in [-0.3, -0.25) is 9.10 Å². The molecule has 2 N–H and O–H groups in total. The lowest BCUT2D eigenvalue weighted by atomic mass is 10.2. The van der Waals surface area contributed by atoms with Crippen LogP contribution in [-0.2, 0) is 14.8 Å². The van der Waals surface area contributed by atoms with Gasteiger partial charge in [0.25, 0.3) is 0 Å². The van der Waals surface area contributed by atoms with Gasteiger partial charge in [0.15, 0.2) is 0 Å². The van der Waals surface area contributed by atoms with Crippen LogP contribution in [0.3, 0.4) is 0 Å². The predicted octanol–water partition coefficient (Wildman–Crippen LogP) is 0.725. The van der Waals surface area contributed by atoms with Crippen molar-refractivity contribution in [3.8, 4) is 5.75 Å². The van der Waals surface area contributed by atoms with Gasteiger partial charge < -0.3 is 10.5 Å². The monoisotopic (exact) mass is 286 g/mol. The zero-order valence-corrected chi connectivity index (χ0v) is 12.0. The number of nitrogens with two attached hydrogens (primary N) is 1. The minimum Gasteiger partial charge on any atom is -0.494 e. The molecule has 19 heavy (non-hydrogen) atoms. The molecule has 0 saturated carbocycles. The second-order valence-electron chi connectivity index (χ2n) is 4.06. The van der Waals surface area contributed by atoms with E-state index >= 15 is 0 Å². The van der Waals surface area contributed by atoms with E-state index in [2.05, 4.69) is 0 Å². The second-order valence-corrected chi connectivity index (χ2v) is 5.92. The van der Waals surface area contributed by atoms with Crippen molar-refractivity contribution >= 4 is 21.6 Å². The molecule has 0 aliphatic heterocycles. The third-order valence-electron chi connectivity index (χ3n) is 2.52. The van der Waals surface area contributed by atoms with E-state index in [-0.39, 0.29) is 0 Å². The Kier molecular flexibility index (Phi) is 4.77. The van der Waals surface area contributed by atoms with Crippen LogP contribution in [0.5, 0.6) is 5.75 Å². The average molecular weight is 286 g/mol. The van der Waals surface area contributed by atoms with Gasteiger partial charge >= 0.3 is 0 Å². The lowest BCUT2D eigenvalue weighted by Crippen LogP contribution is -2.45. The van der Waals surface area contributed by atoms with Crippen molar-refractivity contribution in [1.82, 2.24) is 0 Å². The van der Waals surface area contributed by atoms with Crippen LogP contribution < -0.4 is 14.8 Å². The molecule has 1 aromatic carbocycles. The molecule has 0 aliphatic rings. The molecular weight excluding hydrogens is 268 g/mol. The summed E-state index contributed by atoms with van der Waals surface area (Å²) in [5.74, 6) is -0.0780. The van der Waals surface area contributed by atoms with Crippen LogP contribution in [0.2, 0.25) is 0 Å². The number of anilines is 1. The van der Waals surface area contributed by atoms with E-state index in [4.69, 9.17) is 10.5 Å². The van der Waals surface area contributed by atoms with E-state index in [9.17, 15) is 13.2 Å². The maximum atomic E-state index is 11.8. The summed E-state index contributed by atoms with van der Waals surface area (Å²) < 4.78 is 29.8. The SMILES string of the molecule is CCOc1ccc(N([C@@H](C)C(N)=O)S(C)(=O)=O)cc1. The zero-order valence-electron chi connectivity index (χ0n) is 11.2. The first-order valence-corrected chi connectivity index (χ1v) is 7.63. The van der Waals surface area contributed by atoms with Crippen molar-refractivity contribution in [2.75, 3.05) is 17.2 Å². The Bertz CT molecular complexity index is 539. The Hall–Kier alpha value is -1.76. The van der Waals surface area contributed by atoms with Gasteiger partial charge in [0, 0.05) is 0 Å². The van der Waals surface area contributed by atoms with Gasteiger partial charge in [-0.1, -0.05) is 0 Å². The highest BCUT2D eigenvalue weighted by Crippen LogP contribution is 2.23. The Morgan fingerprint density at radius 2 is 1.89 bits per heavy atom. The highest BCUT2D eigenvalue weighted by Gasteiger charge is 2.27. The number of hydrogen-bond acceptors (Lipinski definition) is 4. The van der Waals surface area contributed by atoms with Crippen molar-refractivity contribution in [1.29, 1.82) is 0 Å². The first kappa shape index (κ1) is 15.3. The Morgan fingerprint density at radius 1 is 1.37 bits per heavy atom. The summed E-state index contributed by atoms with van der Waals surface area (Å²) in [5.41, 5.74) is 5.55. The second kappa shape index (κ2) is 5.92. The highest BCUT2D eigenvalue weighted by molar-refractivity contribution is 7.92. The maximum Gasteiger partial charge on any atom is 0.241 e. The van der Waals surface area contributed by atoms with Gasteiger partial charge in [0.2, 0.25) is 15.9 Å². The smallest absolute Gasteiger partial charge is 0.241 e. The number of sulfonamides is 1. The number of nitrogens with zero attached hydrogens (tertiary/aromatic N) is 1. The standard InChI is InChI=1S/C12H18N2O4S/c1-4-18-11-7-5-10(6-8-11)14(19(3,16)17)9(2)12(13)15/h5-9H,4H2,1-3H3,(H2,13,15)/t9-/m0/s1. The van der Waals surface area contributed by atoms with Gasteiger partial charge in [-0.05, 0) is 38.1 Å². The fourth-order valence-electron chi connectivity index (χ4n) is 1.67. The molecule has 1 amide bonds. The molecule has 1 rings (SSSR count). The van der Waals surface area contributed by atoms with Crippen molar-refractivity contribution in [3.63, 3.8) is 0 Å². The number of amides is 1. The van der Waals surface area contributed by atoms with E-state index < -0.39 is 22.0 Å². The summed E-state index contributed by atoms with van der Waals surface area (Å²) >= 11 is 0. The largest absolute Gasteiger partial charge is 0.494 e. The predicted molar refractivity (Wildman–Crippen MR) is 73.6 cm³/mol. The van der Waals surface area contributed by atoms with Crippen LogP contribution >= 0.6 is 0 Å². The lowest BCUT2D eigenvalue weighted by molar-refractivity contribution is -0.118. The van der Waals surface area contributed by atoms with Crippen molar-refractivity contribution in [3.05, 3.63) is 24.3 Å². The number of benzene rings is 1. The minimum absolute atomic E-state index is 0.372. The number of ether oxygens (including phenoxy) is 1. The minimum atomic E-state index is -3.60. The molecule has 0 aliphatic carbocycles. The summed E-state index contributed by atoms with van der Waals surface area (Å²) in [6.07, 6.45) is 1.03. The molecule has 0 bridgehead atoms. The van der Waals surface area contributed by atoms with E-state index in [0.717, 1.165) is 10.6 Å². The Labute approximate surface area is 113 Å². The normalized spacial score (nSPS) is 12.8. The van der Waals surface area contributed by atoms with Crippen LogP contribution in [0.15, 0.2) is 24.3 Å². The van der Waals surface area contributed by atoms with Crippen LogP contribution in [0, 0.1) is 0 Å². The third-order valence-corrected chi connectivity index (χ3v) is 3.76. The number of hydrogen-bond donors (Lipinski definition) is 1. The average Bonchev–Trinajstić information content (AvgIpc) is 2.30. The first-order valence-electron chi connectivity index (χ1n) is 5.79. The summed E-state index contributed by atoms with van der Waals surface area (Å²) in [4.78, 5) is 11.2. The lowest BCUT2D eigenvalue weighted by Gasteiger charge is -2.26. The fourth-order valence-corrected chi connectivity index (χ4v) is 2.86. The van der Waals surface area contributed by atoms with Crippen LogP contribution in [0.4, 0.5) is 5.69 Å². The number of carbonyl (C=O) groups excluding carboxylic acids is 1. The molecule has 0 fully saturated rings. The summed E-state index contributed by atoms with van der Waals surface area (Å²) in [6, 6.07) is 5.49. The molecule has 7 heteroatoms. The van der Waals surface area contributed by atoms with E-state index in [1.54, 1.807) is 24.3 Å². The van der Waals surface area contributed by atoms with Crippen molar-refractivity contribution in [2.24, 2.45) is 5.73 Å². The van der Waals surface area contributed by atoms with Gasteiger partial charge in [0.1, 0.15) is 11.8 Å². The molecular formula is C12H18N2O4S. The molecule has 0 spiro atoms. The van der Waals surface area contributed by atoms with Crippen molar-refractivity contribution in [2.45, 2.75) is 19.9 Å². The summed E-state index contributed by atoms with van der Waals surface area (Å²) in [6.45, 7) is 3.82. The zero-order chi connectivity index (χ0) is 14.6. The van der Waals surface area contributed by atoms with Crippen LogP contribution in [-0.4, -0.2) is 33.2 Å². The van der Waals surface area contributed by atoms with Crippen molar-refractivity contribution < 1.29 is 17.9 Å². The molecule has 0 aromatic heterocycles. The molecule has 0 heterocycles. The van der Waals surface area contributed by atoms with E-state index in [0.29, 0.717) is 18.0 Å². The molecule has 0 unspecified atom stereocenters. The summed E-state index contributed by atoms with van der Waals surface area (Å²) in [5, 5.41) is 0. The summed E-state index contributed by atoms with van der Waals surface area (Å²) in [7, 11) is -3.60. The molecule has 6 nitrogen and oxygen atoms in total. The highest BCUT2D eigenvalue weighted by atomic mass is 32.2. The van der Waals surface area contributed by atoms with Crippen LogP contribution in [0.25, 0.3) is 0 Å².